The highest BCUT2D eigenvalue weighted by Crippen LogP contribution is 2.03. The van der Waals surface area contributed by atoms with Gasteiger partial charge in [-0.2, -0.15) is 0 Å². The average molecular weight is 194 g/mol. The minimum absolute atomic E-state index is 0.294. The van der Waals surface area contributed by atoms with Crippen LogP contribution in [0, 0.1) is 0 Å². The number of ether oxygens (including phenoxy) is 1. The molecule has 0 saturated carbocycles. The molecule has 1 aromatic rings. The van der Waals surface area contributed by atoms with Gasteiger partial charge >= 0.3 is 0 Å². The summed E-state index contributed by atoms with van der Waals surface area (Å²) in [6.07, 6.45) is 4.94. The van der Waals surface area contributed by atoms with Crippen LogP contribution in [0.4, 0.5) is 0 Å². The van der Waals surface area contributed by atoms with Crippen LogP contribution in [0.5, 0.6) is 0 Å². The van der Waals surface area contributed by atoms with Crippen molar-refractivity contribution in [3.8, 4) is 0 Å². The Balaban J connectivity index is 2.20. The van der Waals surface area contributed by atoms with Gasteiger partial charge in [0.15, 0.2) is 0 Å². The minimum atomic E-state index is 0.294. The molecule has 3 nitrogen and oxygen atoms in total. The number of aromatic nitrogens is 1. The molecule has 3 heteroatoms. The molecule has 0 bridgehead atoms. The van der Waals surface area contributed by atoms with E-state index in [2.05, 4.69) is 17.2 Å². The van der Waals surface area contributed by atoms with Crippen molar-refractivity contribution in [3.05, 3.63) is 30.1 Å². The van der Waals surface area contributed by atoms with Crippen molar-refractivity contribution >= 4 is 0 Å². The molecule has 78 valence electrons. The lowest BCUT2D eigenvalue weighted by Gasteiger charge is -2.12. The van der Waals surface area contributed by atoms with Gasteiger partial charge in [-0.3, -0.25) is 4.98 Å². The van der Waals surface area contributed by atoms with Crippen LogP contribution in [0.3, 0.4) is 0 Å². The Hall–Kier alpha value is -0.930. The molecular formula is C11H18N2O. The van der Waals surface area contributed by atoms with Crippen molar-refractivity contribution in [1.82, 2.24) is 10.3 Å². The maximum absolute atomic E-state index is 5.65. The van der Waals surface area contributed by atoms with Gasteiger partial charge in [-0.25, -0.2) is 0 Å². The van der Waals surface area contributed by atoms with Crippen LogP contribution < -0.4 is 5.32 Å². The molecule has 0 aromatic carbocycles. The Morgan fingerprint density at radius 1 is 1.57 bits per heavy atom. The van der Waals surface area contributed by atoms with Gasteiger partial charge in [0.05, 0.1) is 12.7 Å². The highest BCUT2D eigenvalue weighted by atomic mass is 16.5. The fourth-order valence-corrected chi connectivity index (χ4v) is 1.15. The Morgan fingerprint density at radius 2 is 2.43 bits per heavy atom. The van der Waals surface area contributed by atoms with E-state index in [9.17, 15) is 0 Å². The highest BCUT2D eigenvalue weighted by Gasteiger charge is 2.01. The van der Waals surface area contributed by atoms with Crippen molar-refractivity contribution in [3.63, 3.8) is 0 Å². The summed E-state index contributed by atoms with van der Waals surface area (Å²) in [5, 5.41) is 3.10. The summed E-state index contributed by atoms with van der Waals surface area (Å²) in [4.78, 5) is 4.03. The van der Waals surface area contributed by atoms with E-state index in [1.807, 2.05) is 25.4 Å². The average Bonchev–Trinajstić information content (AvgIpc) is 2.25. The van der Waals surface area contributed by atoms with E-state index >= 15 is 0 Å². The number of hydrogen-bond acceptors (Lipinski definition) is 3. The van der Waals surface area contributed by atoms with Crippen LogP contribution in [-0.4, -0.2) is 24.7 Å². The Morgan fingerprint density at radius 3 is 3.07 bits per heavy atom. The Bertz CT molecular complexity index is 238. The molecule has 1 N–H and O–H groups in total. The van der Waals surface area contributed by atoms with Crippen LogP contribution >= 0.6 is 0 Å². The van der Waals surface area contributed by atoms with Crippen molar-refractivity contribution in [2.75, 3.05) is 13.6 Å². The van der Waals surface area contributed by atoms with Gasteiger partial charge in [-0.05, 0) is 38.6 Å². The first-order valence-electron chi connectivity index (χ1n) is 4.98. The van der Waals surface area contributed by atoms with Crippen LogP contribution in [0.15, 0.2) is 24.5 Å². The summed E-state index contributed by atoms with van der Waals surface area (Å²) in [6.45, 7) is 3.74. The minimum Gasteiger partial charge on any atom is -0.374 e. The summed E-state index contributed by atoms with van der Waals surface area (Å²) in [6, 6.07) is 3.95. The molecule has 0 spiro atoms. The zero-order valence-electron chi connectivity index (χ0n) is 8.86. The molecule has 0 aliphatic rings. The first-order chi connectivity index (χ1) is 6.83. The molecule has 0 aliphatic heterocycles. The molecule has 0 fully saturated rings. The lowest BCUT2D eigenvalue weighted by molar-refractivity contribution is 0.0480. The zero-order valence-corrected chi connectivity index (χ0v) is 8.86. The summed E-state index contributed by atoms with van der Waals surface area (Å²) in [7, 11) is 1.95. The standard InChI is InChI=1S/C11H18N2O/c1-10(5-7-12-2)14-9-11-4-3-6-13-8-11/h3-4,6,8,10,12H,5,7,9H2,1-2H3. The van der Waals surface area contributed by atoms with E-state index in [1.165, 1.54) is 0 Å². The van der Waals surface area contributed by atoms with Crippen LogP contribution in [-0.2, 0) is 11.3 Å². The molecule has 1 heterocycles. The second-order valence-electron chi connectivity index (χ2n) is 3.38. The highest BCUT2D eigenvalue weighted by molar-refractivity contribution is 5.06. The van der Waals surface area contributed by atoms with Gasteiger partial charge < -0.3 is 10.1 Å². The fraction of sp³-hybridized carbons (Fsp3) is 0.545. The van der Waals surface area contributed by atoms with E-state index < -0.39 is 0 Å². The maximum Gasteiger partial charge on any atom is 0.0735 e. The van der Waals surface area contributed by atoms with Crippen molar-refractivity contribution in [2.45, 2.75) is 26.1 Å². The normalized spacial score (nSPS) is 12.7. The predicted molar refractivity (Wildman–Crippen MR) is 57.0 cm³/mol. The van der Waals surface area contributed by atoms with E-state index in [0.717, 1.165) is 18.5 Å². The third-order valence-corrected chi connectivity index (χ3v) is 2.06. The van der Waals surface area contributed by atoms with Gasteiger partial charge in [0.2, 0.25) is 0 Å². The number of nitrogens with zero attached hydrogens (tertiary/aromatic N) is 1. The Labute approximate surface area is 85.5 Å². The maximum atomic E-state index is 5.65. The quantitative estimate of drug-likeness (QED) is 0.747. The SMILES string of the molecule is CNCCC(C)OCc1cccnc1. The molecule has 0 aliphatic carbocycles. The largest absolute Gasteiger partial charge is 0.374 e. The molecule has 1 aromatic heterocycles. The van der Waals surface area contributed by atoms with Gasteiger partial charge in [-0.1, -0.05) is 6.07 Å². The summed E-state index contributed by atoms with van der Waals surface area (Å²) >= 11 is 0. The van der Waals surface area contributed by atoms with Crippen molar-refractivity contribution in [2.24, 2.45) is 0 Å². The molecular weight excluding hydrogens is 176 g/mol. The van der Waals surface area contributed by atoms with Gasteiger partial charge in [0, 0.05) is 12.4 Å². The number of rotatable bonds is 6. The Kier molecular flexibility index (Phi) is 5.19. The lowest BCUT2D eigenvalue weighted by atomic mass is 10.2. The predicted octanol–water partition coefficient (Wildman–Crippen LogP) is 1.60. The molecule has 1 atom stereocenters. The molecule has 0 saturated heterocycles. The van der Waals surface area contributed by atoms with Crippen molar-refractivity contribution < 1.29 is 4.74 Å². The fourth-order valence-electron chi connectivity index (χ4n) is 1.15. The van der Waals surface area contributed by atoms with E-state index in [0.29, 0.717) is 12.7 Å². The molecule has 0 amide bonds. The van der Waals surface area contributed by atoms with Gasteiger partial charge in [-0.15, -0.1) is 0 Å². The van der Waals surface area contributed by atoms with E-state index in [1.54, 1.807) is 6.20 Å². The smallest absolute Gasteiger partial charge is 0.0735 e. The number of pyridine rings is 1. The third kappa shape index (κ3) is 4.35. The summed E-state index contributed by atoms with van der Waals surface area (Å²) < 4.78 is 5.65. The van der Waals surface area contributed by atoms with E-state index in [4.69, 9.17) is 4.74 Å². The topological polar surface area (TPSA) is 34.1 Å². The molecule has 0 radical (unpaired) electrons. The number of nitrogens with one attached hydrogen (secondary N) is 1. The third-order valence-electron chi connectivity index (χ3n) is 2.06. The van der Waals surface area contributed by atoms with Gasteiger partial charge in [0.25, 0.3) is 0 Å². The van der Waals surface area contributed by atoms with Gasteiger partial charge in [0.1, 0.15) is 0 Å². The van der Waals surface area contributed by atoms with Crippen LogP contribution in [0.1, 0.15) is 18.9 Å². The second-order valence-corrected chi connectivity index (χ2v) is 3.38. The number of hydrogen-bond donors (Lipinski definition) is 1. The second kappa shape index (κ2) is 6.51. The molecule has 1 rings (SSSR count). The van der Waals surface area contributed by atoms with Crippen molar-refractivity contribution in [1.29, 1.82) is 0 Å². The molecule has 14 heavy (non-hydrogen) atoms. The summed E-state index contributed by atoms with van der Waals surface area (Å²) in [5.41, 5.74) is 1.13. The molecule has 1 unspecified atom stereocenters. The summed E-state index contributed by atoms with van der Waals surface area (Å²) in [5.74, 6) is 0. The first kappa shape index (κ1) is 11.1. The zero-order chi connectivity index (χ0) is 10.2. The first-order valence-corrected chi connectivity index (χ1v) is 4.98. The lowest BCUT2D eigenvalue weighted by Crippen LogP contribution is -2.17. The van der Waals surface area contributed by atoms with E-state index in [-0.39, 0.29) is 0 Å². The monoisotopic (exact) mass is 194 g/mol. The van der Waals surface area contributed by atoms with Crippen LogP contribution in [0.25, 0.3) is 0 Å². The van der Waals surface area contributed by atoms with Crippen LogP contribution in [0.2, 0.25) is 0 Å².